The van der Waals surface area contributed by atoms with Crippen LogP contribution in [0.5, 0.6) is 0 Å². The largest absolute Gasteiger partial charge is 0.443 e. The number of ether oxygens (including phenoxy) is 1. The van der Waals surface area contributed by atoms with Crippen LogP contribution in [0.2, 0.25) is 0 Å². The highest BCUT2D eigenvalue weighted by atomic mass is 32.2. The number of epoxide rings is 1. The van der Waals surface area contributed by atoms with E-state index in [0.717, 1.165) is 41.1 Å². The molecule has 21 heavy (non-hydrogen) atoms. The van der Waals surface area contributed by atoms with Crippen molar-refractivity contribution in [3.63, 3.8) is 0 Å². The van der Waals surface area contributed by atoms with Crippen molar-refractivity contribution < 1.29 is 17.6 Å². The van der Waals surface area contributed by atoms with Crippen molar-refractivity contribution in [2.24, 2.45) is 0 Å². The van der Waals surface area contributed by atoms with E-state index in [4.69, 9.17) is 9.15 Å². The first-order valence-electron chi connectivity index (χ1n) is 7.04. The van der Waals surface area contributed by atoms with E-state index < -0.39 is 10.0 Å². The van der Waals surface area contributed by atoms with Gasteiger partial charge in [0.25, 0.3) is 10.0 Å². The van der Waals surface area contributed by atoms with Crippen LogP contribution >= 0.6 is 0 Å². The minimum atomic E-state index is -3.53. The van der Waals surface area contributed by atoms with E-state index in [9.17, 15) is 8.42 Å². The van der Waals surface area contributed by atoms with Gasteiger partial charge in [-0.05, 0) is 30.9 Å². The Morgan fingerprint density at radius 3 is 2.76 bits per heavy atom. The predicted molar refractivity (Wildman–Crippen MR) is 79.8 cm³/mol. The zero-order valence-corrected chi connectivity index (χ0v) is 13.0. The van der Waals surface area contributed by atoms with Crippen molar-refractivity contribution in [2.45, 2.75) is 30.5 Å². The molecular formula is C15H19NO4S. The summed E-state index contributed by atoms with van der Waals surface area (Å²) < 4.78 is 36.2. The van der Waals surface area contributed by atoms with Gasteiger partial charge < -0.3 is 9.15 Å². The topological polar surface area (TPSA) is 63.1 Å². The van der Waals surface area contributed by atoms with Crippen molar-refractivity contribution in [3.8, 4) is 0 Å². The van der Waals surface area contributed by atoms with Crippen LogP contribution in [0.15, 0.2) is 33.8 Å². The number of nitrogens with zero attached hydrogens (tertiary/aromatic N) is 1. The van der Waals surface area contributed by atoms with E-state index >= 15 is 0 Å². The van der Waals surface area contributed by atoms with Crippen LogP contribution in [0.4, 0.5) is 0 Å². The highest BCUT2D eigenvalue weighted by Crippen LogP contribution is 2.28. The van der Waals surface area contributed by atoms with Gasteiger partial charge in [0.2, 0.25) is 5.09 Å². The second-order valence-electron chi connectivity index (χ2n) is 5.53. The van der Waals surface area contributed by atoms with Crippen molar-refractivity contribution >= 4 is 21.0 Å². The zero-order valence-electron chi connectivity index (χ0n) is 12.2. The molecule has 2 aromatic rings. The Kier molecular flexibility index (Phi) is 3.77. The number of sulfonamides is 1. The molecule has 0 aliphatic carbocycles. The number of fused-ring (bicyclic) bond motifs is 1. The Morgan fingerprint density at radius 1 is 1.33 bits per heavy atom. The Hall–Kier alpha value is -1.37. The van der Waals surface area contributed by atoms with E-state index in [2.05, 4.69) is 0 Å². The summed E-state index contributed by atoms with van der Waals surface area (Å²) >= 11 is 0. The summed E-state index contributed by atoms with van der Waals surface area (Å²) in [7, 11) is -0.535. The van der Waals surface area contributed by atoms with Crippen LogP contribution in [0.1, 0.15) is 18.4 Å². The molecule has 3 rings (SSSR count). The lowest BCUT2D eigenvalue weighted by Crippen LogP contribution is -2.21. The molecule has 1 aliphatic rings. The van der Waals surface area contributed by atoms with E-state index in [1.807, 2.05) is 12.1 Å². The fourth-order valence-electron chi connectivity index (χ4n) is 2.38. The molecule has 0 saturated carbocycles. The monoisotopic (exact) mass is 309 g/mol. The van der Waals surface area contributed by atoms with Gasteiger partial charge in [0.05, 0.1) is 12.7 Å². The molecule has 0 N–H and O–H groups in total. The van der Waals surface area contributed by atoms with Gasteiger partial charge in [-0.2, -0.15) is 0 Å². The van der Waals surface area contributed by atoms with Gasteiger partial charge in [0.15, 0.2) is 0 Å². The van der Waals surface area contributed by atoms with Crippen molar-refractivity contribution in [2.75, 3.05) is 20.7 Å². The molecule has 0 amide bonds. The van der Waals surface area contributed by atoms with Gasteiger partial charge in [-0.3, -0.25) is 0 Å². The lowest BCUT2D eigenvalue weighted by molar-refractivity contribution is 0.392. The molecule has 0 radical (unpaired) electrons. The number of benzene rings is 1. The molecule has 1 aromatic heterocycles. The Morgan fingerprint density at radius 2 is 2.10 bits per heavy atom. The van der Waals surface area contributed by atoms with Gasteiger partial charge in [-0.1, -0.05) is 12.1 Å². The van der Waals surface area contributed by atoms with Crippen LogP contribution < -0.4 is 0 Å². The van der Waals surface area contributed by atoms with Crippen molar-refractivity contribution in [1.82, 2.24) is 4.31 Å². The molecular weight excluding hydrogens is 290 g/mol. The number of aryl methyl sites for hydroxylation is 1. The third-order valence-corrected chi connectivity index (χ3v) is 5.41. The smallest absolute Gasteiger partial charge is 0.275 e. The SMILES string of the molecule is CN(C)S(=O)(=O)c1cc2c(CCC[C@H]3CO3)cccc2o1. The number of rotatable bonds is 6. The maximum absolute atomic E-state index is 12.1. The first-order chi connectivity index (χ1) is 9.98. The lowest BCUT2D eigenvalue weighted by Gasteiger charge is -2.07. The van der Waals surface area contributed by atoms with E-state index in [0.29, 0.717) is 11.7 Å². The quantitative estimate of drug-likeness (QED) is 0.769. The number of hydrogen-bond donors (Lipinski definition) is 0. The summed E-state index contributed by atoms with van der Waals surface area (Å²) in [6.07, 6.45) is 3.42. The minimum absolute atomic E-state index is 0.000441. The minimum Gasteiger partial charge on any atom is -0.443 e. The fourth-order valence-corrected chi connectivity index (χ4v) is 3.20. The lowest BCUT2D eigenvalue weighted by atomic mass is 10.0. The molecule has 1 aromatic carbocycles. The van der Waals surface area contributed by atoms with E-state index in [1.165, 1.54) is 14.1 Å². The summed E-state index contributed by atoms with van der Waals surface area (Å²) in [5, 5.41) is 0.884. The van der Waals surface area contributed by atoms with Gasteiger partial charge in [-0.15, -0.1) is 0 Å². The van der Waals surface area contributed by atoms with Crippen LogP contribution in [-0.2, 0) is 21.2 Å². The summed E-state index contributed by atoms with van der Waals surface area (Å²) in [6, 6.07) is 7.36. The Balaban J connectivity index is 1.89. The molecule has 114 valence electrons. The van der Waals surface area contributed by atoms with E-state index in [1.54, 1.807) is 12.1 Å². The third-order valence-electron chi connectivity index (χ3n) is 3.74. The molecule has 1 fully saturated rings. The average Bonchev–Trinajstić information content (AvgIpc) is 3.14. The number of furan rings is 1. The second kappa shape index (κ2) is 5.44. The normalized spacial score (nSPS) is 18.5. The molecule has 0 unspecified atom stereocenters. The van der Waals surface area contributed by atoms with Gasteiger partial charge >= 0.3 is 0 Å². The maximum Gasteiger partial charge on any atom is 0.275 e. The van der Waals surface area contributed by atoms with Gasteiger partial charge in [0.1, 0.15) is 5.58 Å². The zero-order chi connectivity index (χ0) is 15.0. The molecule has 1 aliphatic heterocycles. The van der Waals surface area contributed by atoms with Crippen LogP contribution in [0.3, 0.4) is 0 Å². The number of hydrogen-bond acceptors (Lipinski definition) is 4. The first kappa shape index (κ1) is 14.6. The summed E-state index contributed by atoms with van der Waals surface area (Å²) in [5.74, 6) is 0. The van der Waals surface area contributed by atoms with Crippen molar-refractivity contribution in [3.05, 3.63) is 29.8 Å². The van der Waals surface area contributed by atoms with Crippen LogP contribution in [-0.4, -0.2) is 39.5 Å². The summed E-state index contributed by atoms with van der Waals surface area (Å²) in [4.78, 5) is 0. The third kappa shape index (κ3) is 2.97. The average molecular weight is 309 g/mol. The molecule has 1 atom stereocenters. The predicted octanol–water partition coefficient (Wildman–Crippen LogP) is 2.40. The van der Waals surface area contributed by atoms with Gasteiger partial charge in [-0.25, -0.2) is 12.7 Å². The van der Waals surface area contributed by atoms with E-state index in [-0.39, 0.29) is 5.09 Å². The Labute approximate surface area is 124 Å². The highest BCUT2D eigenvalue weighted by Gasteiger charge is 2.24. The van der Waals surface area contributed by atoms with Crippen LogP contribution in [0.25, 0.3) is 11.0 Å². The standard InChI is InChI=1S/C15H19NO4S/c1-16(2)21(17,18)15-9-13-11(5-3-7-12-10-19-12)6-4-8-14(13)20-15/h4,6,8-9,12H,3,5,7,10H2,1-2H3/t12-/m0/s1. The molecule has 5 nitrogen and oxygen atoms in total. The van der Waals surface area contributed by atoms with Crippen LogP contribution in [0, 0.1) is 0 Å². The molecule has 1 saturated heterocycles. The first-order valence-corrected chi connectivity index (χ1v) is 8.48. The molecule has 0 spiro atoms. The Bertz CT molecular complexity index is 744. The summed E-state index contributed by atoms with van der Waals surface area (Å²) in [5.41, 5.74) is 1.74. The fraction of sp³-hybridized carbons (Fsp3) is 0.467. The highest BCUT2D eigenvalue weighted by molar-refractivity contribution is 7.89. The van der Waals surface area contributed by atoms with Crippen molar-refractivity contribution in [1.29, 1.82) is 0 Å². The molecule has 0 bridgehead atoms. The maximum atomic E-state index is 12.1. The summed E-state index contributed by atoms with van der Waals surface area (Å²) in [6.45, 7) is 0.876. The molecule has 2 heterocycles. The van der Waals surface area contributed by atoms with Gasteiger partial charge in [0, 0.05) is 25.5 Å². The molecule has 6 heteroatoms. The second-order valence-corrected chi connectivity index (χ2v) is 7.61.